The highest BCUT2D eigenvalue weighted by Gasteiger charge is 2.24. The Morgan fingerprint density at radius 1 is 0.906 bits per heavy atom. The summed E-state index contributed by atoms with van der Waals surface area (Å²) in [4.78, 5) is 17.6. The third-order valence-corrected chi connectivity index (χ3v) is 5.46. The van der Waals surface area contributed by atoms with Gasteiger partial charge in [-0.2, -0.15) is 15.0 Å². The van der Waals surface area contributed by atoms with Crippen LogP contribution in [-0.2, 0) is 13.1 Å². The van der Waals surface area contributed by atoms with Crippen LogP contribution in [0.4, 0.5) is 17.8 Å². The van der Waals surface area contributed by atoms with Crippen molar-refractivity contribution >= 4 is 17.8 Å². The highest BCUT2D eigenvalue weighted by atomic mass is 16.5. The molecule has 0 amide bonds. The van der Waals surface area contributed by atoms with Crippen LogP contribution in [-0.4, -0.2) is 44.3 Å². The van der Waals surface area contributed by atoms with E-state index in [-0.39, 0.29) is 6.04 Å². The average molecular weight is 436 g/mol. The first kappa shape index (κ1) is 21.8. The summed E-state index contributed by atoms with van der Waals surface area (Å²) in [6.45, 7) is 1.10. The van der Waals surface area contributed by atoms with E-state index in [1.54, 1.807) is 19.5 Å². The fraction of sp³-hybridized carbons (Fsp3) is 0.391. The van der Waals surface area contributed by atoms with Crippen LogP contribution in [0, 0.1) is 0 Å². The zero-order valence-electron chi connectivity index (χ0n) is 18.2. The predicted molar refractivity (Wildman–Crippen MR) is 124 cm³/mol. The summed E-state index contributed by atoms with van der Waals surface area (Å²) in [6, 6.07) is 11.6. The van der Waals surface area contributed by atoms with E-state index >= 15 is 0 Å². The second-order valence-corrected chi connectivity index (χ2v) is 7.82. The monoisotopic (exact) mass is 435 g/mol. The van der Waals surface area contributed by atoms with Crippen molar-refractivity contribution in [3.63, 3.8) is 0 Å². The van der Waals surface area contributed by atoms with Crippen LogP contribution in [0.15, 0.2) is 48.8 Å². The lowest BCUT2D eigenvalue weighted by molar-refractivity contribution is 0.116. The van der Waals surface area contributed by atoms with Crippen molar-refractivity contribution in [2.24, 2.45) is 0 Å². The van der Waals surface area contributed by atoms with Crippen molar-refractivity contribution < 1.29 is 9.84 Å². The molecule has 2 unspecified atom stereocenters. The molecule has 1 aliphatic rings. The molecule has 9 nitrogen and oxygen atoms in total. The molecular weight excluding hydrogens is 406 g/mol. The van der Waals surface area contributed by atoms with Crippen LogP contribution in [0.1, 0.15) is 36.8 Å². The summed E-state index contributed by atoms with van der Waals surface area (Å²) in [5, 5.41) is 20.2. The van der Waals surface area contributed by atoms with E-state index in [4.69, 9.17) is 4.74 Å². The third kappa shape index (κ3) is 6.04. The molecule has 0 saturated heterocycles. The molecule has 32 heavy (non-hydrogen) atoms. The number of aliphatic hydroxyl groups is 1. The number of hydrogen-bond donors (Lipinski definition) is 4. The van der Waals surface area contributed by atoms with Crippen molar-refractivity contribution in [1.29, 1.82) is 0 Å². The zero-order valence-corrected chi connectivity index (χ0v) is 18.2. The van der Waals surface area contributed by atoms with Crippen molar-refractivity contribution in [1.82, 2.24) is 19.9 Å². The van der Waals surface area contributed by atoms with E-state index in [0.717, 1.165) is 42.6 Å². The van der Waals surface area contributed by atoms with E-state index in [1.165, 1.54) is 0 Å². The standard InChI is InChI=1S/C23H29N7O2/c1-32-18-6-4-5-17(13-18)15-26-22-28-21(25-14-16-9-11-24-12-10-16)29-23(30-22)27-19-7-2-3-8-20(19)31/h4-6,9-13,19-20,31H,2-3,7-8,14-15H2,1H3,(H3,25,26,27,28,29,30). The van der Waals surface area contributed by atoms with Crippen LogP contribution in [0.5, 0.6) is 5.75 Å². The number of hydrogen-bond acceptors (Lipinski definition) is 9. The van der Waals surface area contributed by atoms with Crippen molar-refractivity contribution in [3.05, 3.63) is 59.9 Å². The molecule has 4 N–H and O–H groups in total. The number of nitrogens with one attached hydrogen (secondary N) is 3. The first-order valence-corrected chi connectivity index (χ1v) is 10.9. The summed E-state index contributed by atoms with van der Waals surface area (Å²) in [7, 11) is 1.65. The molecule has 2 heterocycles. The van der Waals surface area contributed by atoms with Gasteiger partial charge in [0.15, 0.2) is 0 Å². The maximum Gasteiger partial charge on any atom is 0.229 e. The van der Waals surface area contributed by atoms with E-state index in [0.29, 0.717) is 30.9 Å². The minimum absolute atomic E-state index is 0.0644. The normalized spacial score (nSPS) is 18.1. The predicted octanol–water partition coefficient (Wildman–Crippen LogP) is 3.21. The van der Waals surface area contributed by atoms with Gasteiger partial charge in [0.05, 0.1) is 19.3 Å². The molecule has 168 valence electrons. The largest absolute Gasteiger partial charge is 0.497 e. The SMILES string of the molecule is COc1cccc(CNc2nc(NCc3ccncc3)nc(NC3CCCCC3O)n2)c1. The third-order valence-electron chi connectivity index (χ3n) is 5.46. The van der Waals surface area contributed by atoms with E-state index in [1.807, 2.05) is 36.4 Å². The number of anilines is 3. The molecule has 2 aromatic heterocycles. The molecule has 3 aromatic rings. The number of rotatable bonds is 9. The van der Waals surface area contributed by atoms with Gasteiger partial charge in [0.25, 0.3) is 0 Å². The number of aromatic nitrogens is 4. The summed E-state index contributed by atoms with van der Waals surface area (Å²) >= 11 is 0. The fourth-order valence-corrected chi connectivity index (χ4v) is 3.69. The van der Waals surface area contributed by atoms with Crippen molar-refractivity contribution in [3.8, 4) is 5.75 Å². The molecule has 1 aliphatic carbocycles. The maximum atomic E-state index is 10.3. The van der Waals surface area contributed by atoms with Crippen LogP contribution >= 0.6 is 0 Å². The summed E-state index contributed by atoms with van der Waals surface area (Å²) in [6.07, 6.45) is 6.90. The number of pyridine rings is 1. The molecular formula is C23H29N7O2. The second-order valence-electron chi connectivity index (χ2n) is 7.82. The molecule has 0 bridgehead atoms. The minimum atomic E-state index is -0.401. The van der Waals surface area contributed by atoms with E-state index in [9.17, 15) is 5.11 Å². The van der Waals surface area contributed by atoms with Gasteiger partial charge < -0.3 is 25.8 Å². The van der Waals surface area contributed by atoms with Gasteiger partial charge in [0, 0.05) is 25.5 Å². The molecule has 0 radical (unpaired) electrons. The summed E-state index contributed by atoms with van der Waals surface area (Å²) in [5.41, 5.74) is 2.12. The lowest BCUT2D eigenvalue weighted by Crippen LogP contribution is -2.37. The lowest BCUT2D eigenvalue weighted by atomic mass is 9.93. The van der Waals surface area contributed by atoms with Crippen LogP contribution in [0.2, 0.25) is 0 Å². The van der Waals surface area contributed by atoms with Gasteiger partial charge in [-0.15, -0.1) is 0 Å². The topological polar surface area (TPSA) is 117 Å². The highest BCUT2D eigenvalue weighted by Crippen LogP contribution is 2.22. The smallest absolute Gasteiger partial charge is 0.229 e. The van der Waals surface area contributed by atoms with Gasteiger partial charge in [-0.05, 0) is 48.2 Å². The molecule has 1 saturated carbocycles. The lowest BCUT2D eigenvalue weighted by Gasteiger charge is -2.28. The Kier molecular flexibility index (Phi) is 7.29. The summed E-state index contributed by atoms with van der Waals surface area (Å²) < 4.78 is 5.30. The van der Waals surface area contributed by atoms with Gasteiger partial charge in [0.2, 0.25) is 17.8 Å². The quantitative estimate of drug-likeness (QED) is 0.402. The summed E-state index contributed by atoms with van der Waals surface area (Å²) in [5.74, 6) is 2.15. The molecule has 1 fully saturated rings. The Morgan fingerprint density at radius 2 is 1.59 bits per heavy atom. The second kappa shape index (κ2) is 10.7. The van der Waals surface area contributed by atoms with Gasteiger partial charge in [0.1, 0.15) is 5.75 Å². The maximum absolute atomic E-state index is 10.3. The minimum Gasteiger partial charge on any atom is -0.497 e. The number of methoxy groups -OCH3 is 1. The van der Waals surface area contributed by atoms with Crippen LogP contribution in [0.3, 0.4) is 0 Å². The molecule has 2 atom stereocenters. The zero-order chi connectivity index (χ0) is 22.2. The first-order chi connectivity index (χ1) is 15.7. The number of benzene rings is 1. The molecule has 4 rings (SSSR count). The van der Waals surface area contributed by atoms with Gasteiger partial charge in [-0.3, -0.25) is 4.98 Å². The van der Waals surface area contributed by atoms with E-state index < -0.39 is 6.10 Å². The number of ether oxygens (including phenoxy) is 1. The van der Waals surface area contributed by atoms with Crippen LogP contribution < -0.4 is 20.7 Å². The Labute approximate surface area is 187 Å². The average Bonchev–Trinajstić information content (AvgIpc) is 2.84. The molecule has 0 aliphatic heterocycles. The molecule has 9 heteroatoms. The highest BCUT2D eigenvalue weighted by molar-refractivity contribution is 5.44. The number of nitrogens with zero attached hydrogens (tertiary/aromatic N) is 4. The van der Waals surface area contributed by atoms with Gasteiger partial charge in [-0.25, -0.2) is 0 Å². The van der Waals surface area contributed by atoms with Crippen LogP contribution in [0.25, 0.3) is 0 Å². The van der Waals surface area contributed by atoms with E-state index in [2.05, 4.69) is 35.9 Å². The Hall–Kier alpha value is -3.46. The molecule has 1 aromatic carbocycles. The van der Waals surface area contributed by atoms with Gasteiger partial charge >= 0.3 is 0 Å². The Morgan fingerprint density at radius 3 is 2.31 bits per heavy atom. The van der Waals surface area contributed by atoms with Crippen molar-refractivity contribution in [2.75, 3.05) is 23.1 Å². The Balaban J connectivity index is 1.50. The first-order valence-electron chi connectivity index (χ1n) is 10.9. The Bertz CT molecular complexity index is 1000. The molecule has 0 spiro atoms. The van der Waals surface area contributed by atoms with Gasteiger partial charge in [-0.1, -0.05) is 25.0 Å². The van der Waals surface area contributed by atoms with Crippen molar-refractivity contribution in [2.45, 2.75) is 50.9 Å². The number of aliphatic hydroxyl groups excluding tert-OH is 1. The fourth-order valence-electron chi connectivity index (χ4n) is 3.69.